The lowest BCUT2D eigenvalue weighted by atomic mass is 10.1. The van der Waals surface area contributed by atoms with Crippen molar-refractivity contribution in [1.29, 1.82) is 0 Å². The number of aromatic nitrogens is 2. The summed E-state index contributed by atoms with van der Waals surface area (Å²) in [5, 5.41) is 3.31. The molecule has 2 aromatic carbocycles. The number of hydrogen-bond donors (Lipinski definition) is 2. The molecule has 116 valence electrons. The zero-order valence-corrected chi connectivity index (χ0v) is 13.2. The van der Waals surface area contributed by atoms with Crippen LogP contribution in [0.15, 0.2) is 60.8 Å². The highest BCUT2D eigenvalue weighted by Gasteiger charge is 2.10. The first kappa shape index (κ1) is 15.2. The predicted molar refractivity (Wildman–Crippen MR) is 95.2 cm³/mol. The Kier molecular flexibility index (Phi) is 4.64. The number of nitrogens with two attached hydrogens (primary N) is 1. The van der Waals surface area contributed by atoms with Gasteiger partial charge in [0.25, 0.3) is 0 Å². The normalized spacial score (nSPS) is 10.5. The Labute approximate surface area is 136 Å². The zero-order chi connectivity index (χ0) is 16.1. The summed E-state index contributed by atoms with van der Waals surface area (Å²) in [6, 6.07) is 18.3. The van der Waals surface area contributed by atoms with Crippen LogP contribution in [0.5, 0.6) is 0 Å². The fourth-order valence-electron chi connectivity index (χ4n) is 2.46. The van der Waals surface area contributed by atoms with Crippen molar-refractivity contribution in [3.05, 3.63) is 66.4 Å². The third kappa shape index (κ3) is 3.55. The van der Waals surface area contributed by atoms with Gasteiger partial charge in [-0.05, 0) is 13.0 Å². The van der Waals surface area contributed by atoms with E-state index in [-0.39, 0.29) is 0 Å². The van der Waals surface area contributed by atoms with Crippen molar-refractivity contribution in [3.63, 3.8) is 0 Å². The molecule has 0 radical (unpaired) electrons. The number of rotatable bonds is 5. The molecule has 0 aliphatic heterocycles. The highest BCUT2D eigenvalue weighted by Crippen LogP contribution is 2.28. The molecule has 0 spiro atoms. The van der Waals surface area contributed by atoms with Crippen LogP contribution in [0.3, 0.4) is 0 Å². The second-order valence-electron chi connectivity index (χ2n) is 5.41. The molecule has 4 nitrogen and oxygen atoms in total. The van der Waals surface area contributed by atoms with Gasteiger partial charge in [-0.2, -0.15) is 0 Å². The average molecular weight is 304 g/mol. The standard InChI is InChI=1S/C19H20N4/c1-14-6-5-9-16(12-14)18-17(21-11-10-20)13-22-19(23-18)15-7-3-2-4-8-15/h2-9,12-13,21H,10-11,20H2,1H3. The summed E-state index contributed by atoms with van der Waals surface area (Å²) in [4.78, 5) is 9.29. The van der Waals surface area contributed by atoms with Gasteiger partial charge in [-0.25, -0.2) is 9.97 Å². The topological polar surface area (TPSA) is 63.8 Å². The Hall–Kier alpha value is -2.72. The minimum Gasteiger partial charge on any atom is -0.381 e. The SMILES string of the molecule is Cc1cccc(-c2nc(-c3ccccc3)ncc2NCCN)c1. The Morgan fingerprint density at radius 2 is 1.78 bits per heavy atom. The van der Waals surface area contributed by atoms with Gasteiger partial charge in [-0.3, -0.25) is 0 Å². The van der Waals surface area contributed by atoms with E-state index < -0.39 is 0 Å². The number of nitrogens with one attached hydrogen (secondary N) is 1. The van der Waals surface area contributed by atoms with Crippen LogP contribution < -0.4 is 11.1 Å². The molecule has 0 aliphatic rings. The van der Waals surface area contributed by atoms with Crippen molar-refractivity contribution in [3.8, 4) is 22.6 Å². The largest absolute Gasteiger partial charge is 0.381 e. The van der Waals surface area contributed by atoms with E-state index in [1.807, 2.05) is 42.6 Å². The highest BCUT2D eigenvalue weighted by atomic mass is 15.0. The molecule has 4 heteroatoms. The lowest BCUT2D eigenvalue weighted by Crippen LogP contribution is -2.14. The van der Waals surface area contributed by atoms with Crippen molar-refractivity contribution in [1.82, 2.24) is 9.97 Å². The van der Waals surface area contributed by atoms with Gasteiger partial charge in [0.05, 0.1) is 17.6 Å². The number of nitrogens with zero attached hydrogens (tertiary/aromatic N) is 2. The maximum atomic E-state index is 5.61. The van der Waals surface area contributed by atoms with Crippen LogP contribution in [0.2, 0.25) is 0 Å². The molecule has 3 aromatic rings. The molecule has 0 bridgehead atoms. The molecule has 1 heterocycles. The molecule has 0 unspecified atom stereocenters. The molecular formula is C19H20N4. The first-order valence-electron chi connectivity index (χ1n) is 7.71. The third-order valence-corrected chi connectivity index (χ3v) is 3.57. The zero-order valence-electron chi connectivity index (χ0n) is 13.2. The van der Waals surface area contributed by atoms with Gasteiger partial charge in [0.2, 0.25) is 0 Å². The fourth-order valence-corrected chi connectivity index (χ4v) is 2.46. The van der Waals surface area contributed by atoms with Crippen molar-refractivity contribution in [2.75, 3.05) is 18.4 Å². The van der Waals surface area contributed by atoms with E-state index >= 15 is 0 Å². The van der Waals surface area contributed by atoms with Crippen LogP contribution in [0.1, 0.15) is 5.56 Å². The van der Waals surface area contributed by atoms with Crippen molar-refractivity contribution < 1.29 is 0 Å². The van der Waals surface area contributed by atoms with Crippen molar-refractivity contribution in [2.24, 2.45) is 5.73 Å². The van der Waals surface area contributed by atoms with Gasteiger partial charge in [-0.15, -0.1) is 0 Å². The molecule has 0 aliphatic carbocycles. The van der Waals surface area contributed by atoms with Gasteiger partial charge < -0.3 is 11.1 Å². The molecule has 0 atom stereocenters. The second-order valence-corrected chi connectivity index (χ2v) is 5.41. The molecule has 0 fully saturated rings. The van der Waals surface area contributed by atoms with Gasteiger partial charge in [-0.1, -0.05) is 54.1 Å². The number of anilines is 1. The van der Waals surface area contributed by atoms with E-state index in [9.17, 15) is 0 Å². The van der Waals surface area contributed by atoms with E-state index in [0.29, 0.717) is 13.1 Å². The summed E-state index contributed by atoms with van der Waals surface area (Å²) < 4.78 is 0. The molecule has 0 saturated carbocycles. The predicted octanol–water partition coefficient (Wildman–Crippen LogP) is 3.49. The van der Waals surface area contributed by atoms with Crippen LogP contribution >= 0.6 is 0 Å². The average Bonchev–Trinajstić information content (AvgIpc) is 2.60. The molecule has 0 saturated heterocycles. The number of benzene rings is 2. The minimum absolute atomic E-state index is 0.563. The van der Waals surface area contributed by atoms with E-state index in [1.54, 1.807) is 0 Å². The van der Waals surface area contributed by atoms with Gasteiger partial charge in [0, 0.05) is 24.2 Å². The summed E-state index contributed by atoms with van der Waals surface area (Å²) in [7, 11) is 0. The monoisotopic (exact) mass is 304 g/mol. The van der Waals surface area contributed by atoms with Crippen molar-refractivity contribution in [2.45, 2.75) is 6.92 Å². The molecule has 3 rings (SSSR count). The van der Waals surface area contributed by atoms with E-state index in [2.05, 4.69) is 35.4 Å². The number of hydrogen-bond acceptors (Lipinski definition) is 4. The van der Waals surface area contributed by atoms with Crippen LogP contribution in [0.25, 0.3) is 22.6 Å². The van der Waals surface area contributed by atoms with Crippen molar-refractivity contribution >= 4 is 5.69 Å². The summed E-state index contributed by atoms with van der Waals surface area (Å²) in [5.74, 6) is 0.723. The summed E-state index contributed by atoms with van der Waals surface area (Å²) in [6.45, 7) is 3.33. The highest BCUT2D eigenvalue weighted by molar-refractivity contribution is 5.76. The maximum Gasteiger partial charge on any atom is 0.159 e. The molecule has 23 heavy (non-hydrogen) atoms. The first-order valence-corrected chi connectivity index (χ1v) is 7.71. The smallest absolute Gasteiger partial charge is 0.159 e. The van der Waals surface area contributed by atoms with Crippen LogP contribution in [0.4, 0.5) is 5.69 Å². The fraction of sp³-hybridized carbons (Fsp3) is 0.158. The molecule has 1 aromatic heterocycles. The molecule has 0 amide bonds. The van der Waals surface area contributed by atoms with Crippen LogP contribution in [0, 0.1) is 6.92 Å². The summed E-state index contributed by atoms with van der Waals surface area (Å²) >= 11 is 0. The van der Waals surface area contributed by atoms with Crippen LogP contribution in [-0.4, -0.2) is 23.1 Å². The summed E-state index contributed by atoms with van der Waals surface area (Å²) in [5.41, 5.74) is 10.7. The number of aryl methyl sites for hydroxylation is 1. The lowest BCUT2D eigenvalue weighted by Gasteiger charge is -2.12. The van der Waals surface area contributed by atoms with Gasteiger partial charge in [0.1, 0.15) is 0 Å². The molecular weight excluding hydrogens is 284 g/mol. The van der Waals surface area contributed by atoms with E-state index in [0.717, 1.165) is 28.3 Å². The lowest BCUT2D eigenvalue weighted by molar-refractivity contribution is 1.02. The Morgan fingerprint density at radius 3 is 2.52 bits per heavy atom. The summed E-state index contributed by atoms with van der Waals surface area (Å²) in [6.07, 6.45) is 1.84. The first-order chi connectivity index (χ1) is 11.3. The Bertz CT molecular complexity index is 784. The Morgan fingerprint density at radius 1 is 1.00 bits per heavy atom. The molecule has 3 N–H and O–H groups in total. The minimum atomic E-state index is 0.563. The van der Waals surface area contributed by atoms with Gasteiger partial charge in [0.15, 0.2) is 5.82 Å². The third-order valence-electron chi connectivity index (χ3n) is 3.57. The Balaban J connectivity index is 2.09. The van der Waals surface area contributed by atoms with Crippen LogP contribution in [-0.2, 0) is 0 Å². The quantitative estimate of drug-likeness (QED) is 0.757. The van der Waals surface area contributed by atoms with Gasteiger partial charge >= 0.3 is 0 Å². The maximum absolute atomic E-state index is 5.61. The van der Waals surface area contributed by atoms with E-state index in [4.69, 9.17) is 10.7 Å². The van der Waals surface area contributed by atoms with E-state index in [1.165, 1.54) is 5.56 Å². The second kappa shape index (κ2) is 7.03.